The molecule has 216 valence electrons. The van der Waals surface area contributed by atoms with Crippen LogP contribution in [0.4, 0.5) is 0 Å². The van der Waals surface area contributed by atoms with E-state index in [0.29, 0.717) is 44.3 Å². The van der Waals surface area contributed by atoms with Crippen molar-refractivity contribution >= 4 is 39.3 Å². The quantitative estimate of drug-likeness (QED) is 0.211. The third-order valence-electron chi connectivity index (χ3n) is 6.59. The zero-order valence-electron chi connectivity index (χ0n) is 23.8. The molecule has 0 bridgehead atoms. The molecule has 2 heterocycles. The van der Waals surface area contributed by atoms with Crippen LogP contribution in [0.1, 0.15) is 50.4 Å². The van der Waals surface area contributed by atoms with Gasteiger partial charge in [0.05, 0.1) is 28.5 Å². The highest BCUT2D eigenvalue weighted by Gasteiger charge is 2.35. The Morgan fingerprint density at radius 2 is 1.81 bits per heavy atom. The van der Waals surface area contributed by atoms with Crippen molar-refractivity contribution < 1.29 is 19.0 Å². The van der Waals surface area contributed by atoms with Crippen LogP contribution in [0.5, 0.6) is 11.5 Å². The Hall–Kier alpha value is -3.95. The Morgan fingerprint density at radius 1 is 1.07 bits per heavy atom. The number of rotatable bonds is 9. The van der Waals surface area contributed by atoms with E-state index in [1.807, 2.05) is 92.7 Å². The number of thiazole rings is 1. The van der Waals surface area contributed by atoms with E-state index in [1.54, 1.807) is 18.4 Å². The van der Waals surface area contributed by atoms with Gasteiger partial charge in [0, 0.05) is 15.6 Å². The number of ether oxygens (including phenoxy) is 3. The van der Waals surface area contributed by atoms with Gasteiger partial charge in [0.25, 0.3) is 5.56 Å². The lowest BCUT2D eigenvalue weighted by Gasteiger charge is -2.26. The van der Waals surface area contributed by atoms with Crippen molar-refractivity contribution in [3.05, 3.63) is 125 Å². The number of esters is 1. The minimum absolute atomic E-state index is 0.107. The third kappa shape index (κ3) is 6.27. The van der Waals surface area contributed by atoms with E-state index in [9.17, 15) is 9.59 Å². The molecule has 0 fully saturated rings. The van der Waals surface area contributed by atoms with Crippen molar-refractivity contribution in [1.82, 2.24) is 4.57 Å². The molecule has 3 aromatic carbocycles. The van der Waals surface area contributed by atoms with Gasteiger partial charge in [-0.2, -0.15) is 0 Å². The molecule has 7 nitrogen and oxygen atoms in total. The van der Waals surface area contributed by atoms with Crippen LogP contribution in [0.2, 0.25) is 0 Å². The smallest absolute Gasteiger partial charge is 0.338 e. The molecule has 0 spiro atoms. The molecule has 0 saturated heterocycles. The van der Waals surface area contributed by atoms with E-state index in [1.165, 1.54) is 11.3 Å². The van der Waals surface area contributed by atoms with Gasteiger partial charge in [-0.25, -0.2) is 9.79 Å². The average Bonchev–Trinajstić information content (AvgIpc) is 3.26. The molecular weight excluding hydrogens is 616 g/mol. The van der Waals surface area contributed by atoms with Crippen LogP contribution in [0, 0.1) is 0 Å². The second-order valence-corrected chi connectivity index (χ2v) is 11.9. The van der Waals surface area contributed by atoms with Gasteiger partial charge in [-0.3, -0.25) is 9.36 Å². The summed E-state index contributed by atoms with van der Waals surface area (Å²) in [7, 11) is 0. The topological polar surface area (TPSA) is 79.1 Å². The average molecular weight is 648 g/mol. The number of carbonyl (C=O) groups excluding carboxylic acids is 1. The fourth-order valence-electron chi connectivity index (χ4n) is 4.79. The Kier molecular flexibility index (Phi) is 9.09. The Bertz CT molecular complexity index is 1830. The van der Waals surface area contributed by atoms with E-state index in [-0.39, 0.29) is 18.3 Å². The number of aromatic nitrogens is 1. The van der Waals surface area contributed by atoms with Crippen molar-refractivity contribution in [2.75, 3.05) is 6.61 Å². The van der Waals surface area contributed by atoms with Gasteiger partial charge >= 0.3 is 5.97 Å². The molecule has 5 rings (SSSR count). The van der Waals surface area contributed by atoms with Crippen LogP contribution in [0.3, 0.4) is 0 Å². The maximum absolute atomic E-state index is 14.2. The number of carbonyl (C=O) groups is 1. The zero-order valence-corrected chi connectivity index (χ0v) is 26.2. The number of halogens is 1. The van der Waals surface area contributed by atoms with Crippen LogP contribution in [-0.2, 0) is 16.1 Å². The predicted molar refractivity (Wildman–Crippen MR) is 168 cm³/mol. The summed E-state index contributed by atoms with van der Waals surface area (Å²) in [6.07, 6.45) is 1.70. The van der Waals surface area contributed by atoms with Crippen LogP contribution in [-0.4, -0.2) is 23.2 Å². The molecule has 1 aliphatic heterocycles. The predicted octanol–water partition coefficient (Wildman–Crippen LogP) is 5.93. The fraction of sp³-hybridized carbons (Fsp3) is 0.242. The highest BCUT2D eigenvalue weighted by molar-refractivity contribution is 9.10. The first-order valence-corrected chi connectivity index (χ1v) is 15.3. The first-order chi connectivity index (χ1) is 20.3. The summed E-state index contributed by atoms with van der Waals surface area (Å²) in [5.41, 5.74) is 3.00. The first kappa shape index (κ1) is 29.5. The van der Waals surface area contributed by atoms with Crippen LogP contribution in [0.15, 0.2) is 98.3 Å². The molecule has 0 unspecified atom stereocenters. The van der Waals surface area contributed by atoms with Gasteiger partial charge in [-0.15, -0.1) is 0 Å². The van der Waals surface area contributed by atoms with E-state index in [0.717, 1.165) is 15.6 Å². The summed E-state index contributed by atoms with van der Waals surface area (Å²) in [6, 6.07) is 22.3. The van der Waals surface area contributed by atoms with Crippen LogP contribution in [0.25, 0.3) is 6.08 Å². The Balaban J connectivity index is 1.66. The summed E-state index contributed by atoms with van der Waals surface area (Å²) in [4.78, 5) is 32.6. The van der Waals surface area contributed by atoms with Crippen molar-refractivity contribution in [3.8, 4) is 11.5 Å². The maximum Gasteiger partial charge on any atom is 0.338 e. The molecule has 4 aromatic rings. The number of hydrogen-bond donors (Lipinski definition) is 0. The van der Waals surface area contributed by atoms with Gasteiger partial charge in [-0.05, 0) is 63.6 Å². The van der Waals surface area contributed by atoms with E-state index >= 15 is 0 Å². The van der Waals surface area contributed by atoms with Crippen LogP contribution >= 0.6 is 27.3 Å². The van der Waals surface area contributed by atoms with Crippen molar-refractivity contribution in [2.45, 2.75) is 46.4 Å². The Morgan fingerprint density at radius 3 is 2.55 bits per heavy atom. The lowest BCUT2D eigenvalue weighted by molar-refractivity contribution is -0.139. The van der Waals surface area contributed by atoms with Gasteiger partial charge < -0.3 is 14.2 Å². The Labute approximate surface area is 256 Å². The molecule has 0 saturated carbocycles. The van der Waals surface area contributed by atoms with Crippen molar-refractivity contribution in [1.29, 1.82) is 0 Å². The minimum atomic E-state index is -0.770. The summed E-state index contributed by atoms with van der Waals surface area (Å²) in [6.45, 7) is 7.98. The SMILES string of the molecule is CCOC(=O)C1=C(C)N=c2s/c(=C/c3cc(Br)ccc3OCc3ccccc3)c(=O)n2[C@H]1c1ccccc1OC(C)C. The number of fused-ring (bicyclic) bond motifs is 1. The lowest BCUT2D eigenvalue weighted by Crippen LogP contribution is -2.40. The number of nitrogens with zero attached hydrogens (tertiary/aromatic N) is 2. The summed E-state index contributed by atoms with van der Waals surface area (Å²) in [5, 5.41) is 0. The monoisotopic (exact) mass is 646 g/mol. The largest absolute Gasteiger partial charge is 0.491 e. The molecule has 1 aromatic heterocycles. The number of benzene rings is 3. The summed E-state index contributed by atoms with van der Waals surface area (Å²) >= 11 is 4.81. The molecule has 0 radical (unpaired) electrons. The van der Waals surface area contributed by atoms with E-state index in [2.05, 4.69) is 15.9 Å². The zero-order chi connectivity index (χ0) is 29.8. The number of hydrogen-bond acceptors (Lipinski definition) is 7. The van der Waals surface area contributed by atoms with Crippen molar-refractivity contribution in [2.24, 2.45) is 4.99 Å². The highest BCUT2D eigenvalue weighted by Crippen LogP contribution is 2.36. The normalized spacial score (nSPS) is 14.9. The molecule has 0 amide bonds. The lowest BCUT2D eigenvalue weighted by atomic mass is 9.95. The standard InChI is InChI=1S/C33H31BrN2O5S/c1-5-39-32(38)29-21(4)35-33-36(30(29)25-13-9-10-14-27(25)41-20(2)3)31(37)28(42-33)18-23-17-24(34)15-16-26(23)40-19-22-11-7-6-8-12-22/h6-18,20,30H,5,19H2,1-4H3/b28-18+/t30-/m0/s1. The maximum atomic E-state index is 14.2. The molecule has 0 aliphatic carbocycles. The number of allylic oxidation sites excluding steroid dienone is 1. The van der Waals surface area contributed by atoms with E-state index < -0.39 is 12.0 Å². The van der Waals surface area contributed by atoms with Gasteiger partial charge in [0.15, 0.2) is 4.80 Å². The second kappa shape index (κ2) is 12.9. The van der Waals surface area contributed by atoms with Crippen molar-refractivity contribution in [3.63, 3.8) is 0 Å². The molecule has 0 N–H and O–H groups in total. The molecule has 42 heavy (non-hydrogen) atoms. The molecular formula is C33H31BrN2O5S. The molecule has 1 aliphatic rings. The first-order valence-electron chi connectivity index (χ1n) is 13.7. The van der Waals surface area contributed by atoms with Crippen LogP contribution < -0.4 is 24.4 Å². The van der Waals surface area contributed by atoms with E-state index in [4.69, 9.17) is 19.2 Å². The van der Waals surface area contributed by atoms with Gasteiger partial charge in [0.2, 0.25) is 0 Å². The third-order valence-corrected chi connectivity index (χ3v) is 8.07. The second-order valence-electron chi connectivity index (χ2n) is 9.96. The fourth-order valence-corrected chi connectivity index (χ4v) is 6.21. The molecule has 1 atom stereocenters. The summed E-state index contributed by atoms with van der Waals surface area (Å²) < 4.78 is 20.6. The molecule has 9 heteroatoms. The number of para-hydroxylation sites is 1. The van der Waals surface area contributed by atoms with Gasteiger partial charge in [-0.1, -0.05) is 75.8 Å². The minimum Gasteiger partial charge on any atom is -0.491 e. The van der Waals surface area contributed by atoms with Gasteiger partial charge in [0.1, 0.15) is 24.1 Å². The highest BCUT2D eigenvalue weighted by atomic mass is 79.9. The summed E-state index contributed by atoms with van der Waals surface area (Å²) in [5.74, 6) is 0.719.